The zero-order chi connectivity index (χ0) is 21.0. The van der Waals surface area contributed by atoms with Crippen molar-refractivity contribution in [1.82, 2.24) is 10.2 Å². The van der Waals surface area contributed by atoms with Gasteiger partial charge in [-0.2, -0.15) is 0 Å². The molecule has 0 bridgehead atoms. The number of carbonyl (C=O) groups excluding carboxylic acids is 2. The molecule has 0 unspecified atom stereocenters. The van der Waals surface area contributed by atoms with E-state index in [1.165, 1.54) is 12.1 Å². The summed E-state index contributed by atoms with van der Waals surface area (Å²) in [5.74, 6) is 0.358. The maximum absolute atomic E-state index is 13.6. The summed E-state index contributed by atoms with van der Waals surface area (Å²) in [5, 5.41) is 2.91. The van der Waals surface area contributed by atoms with Crippen molar-refractivity contribution < 1.29 is 23.1 Å². The minimum absolute atomic E-state index is 0.00202. The van der Waals surface area contributed by atoms with Crippen molar-refractivity contribution >= 4 is 11.8 Å². The van der Waals surface area contributed by atoms with Crippen LogP contribution in [0.1, 0.15) is 37.0 Å². The van der Waals surface area contributed by atoms with Gasteiger partial charge >= 0.3 is 0 Å². The number of carbonyl (C=O) groups is 2. The molecule has 2 aliphatic rings. The van der Waals surface area contributed by atoms with Crippen LogP contribution in [0.2, 0.25) is 0 Å². The molecule has 2 amide bonds. The van der Waals surface area contributed by atoms with Gasteiger partial charge in [-0.1, -0.05) is 12.1 Å². The van der Waals surface area contributed by atoms with Crippen LogP contribution in [0.3, 0.4) is 0 Å². The molecule has 7 heteroatoms. The highest BCUT2D eigenvalue weighted by atomic mass is 19.1. The number of furan rings is 1. The second-order valence-electron chi connectivity index (χ2n) is 8.07. The first-order valence-electron chi connectivity index (χ1n) is 10.5. The molecule has 1 aromatic heterocycles. The molecule has 30 heavy (non-hydrogen) atoms. The molecule has 1 N–H and O–H groups in total. The Kier molecular flexibility index (Phi) is 6.18. The third kappa shape index (κ3) is 4.26. The number of halogens is 1. The number of hydrogen-bond acceptors (Lipinski definition) is 4. The largest absolute Gasteiger partial charge is 0.467 e. The van der Waals surface area contributed by atoms with Gasteiger partial charge in [0, 0.05) is 32.2 Å². The van der Waals surface area contributed by atoms with Gasteiger partial charge in [0.15, 0.2) is 0 Å². The molecule has 0 aliphatic carbocycles. The summed E-state index contributed by atoms with van der Waals surface area (Å²) in [6.07, 6.45) is 4.01. The van der Waals surface area contributed by atoms with Gasteiger partial charge < -0.3 is 19.4 Å². The summed E-state index contributed by atoms with van der Waals surface area (Å²) in [5.41, 5.74) is 0.163. The number of amides is 2. The lowest BCUT2D eigenvalue weighted by Crippen LogP contribution is -2.52. The van der Waals surface area contributed by atoms with Crippen LogP contribution in [0.25, 0.3) is 0 Å². The van der Waals surface area contributed by atoms with Crippen LogP contribution in [0.5, 0.6) is 0 Å². The van der Waals surface area contributed by atoms with Crippen molar-refractivity contribution in [1.29, 1.82) is 0 Å². The van der Waals surface area contributed by atoms with Gasteiger partial charge in [0.2, 0.25) is 11.8 Å². The van der Waals surface area contributed by atoms with Gasteiger partial charge in [-0.25, -0.2) is 4.39 Å². The van der Waals surface area contributed by atoms with E-state index in [2.05, 4.69) is 5.32 Å². The van der Waals surface area contributed by atoms with E-state index in [9.17, 15) is 14.0 Å². The number of hydrogen-bond donors (Lipinski definition) is 1. The summed E-state index contributed by atoms with van der Waals surface area (Å²) in [6, 6.07) is 9.87. The summed E-state index contributed by atoms with van der Waals surface area (Å²) < 4.78 is 24.2. The molecule has 160 valence electrons. The summed E-state index contributed by atoms with van der Waals surface area (Å²) in [4.78, 5) is 27.9. The Morgan fingerprint density at radius 2 is 1.80 bits per heavy atom. The Balaban J connectivity index is 1.39. The van der Waals surface area contributed by atoms with Gasteiger partial charge in [-0.15, -0.1) is 0 Å². The van der Waals surface area contributed by atoms with Crippen molar-refractivity contribution in [2.45, 2.75) is 37.6 Å². The lowest BCUT2D eigenvalue weighted by atomic mass is 9.72. The molecule has 3 heterocycles. The second kappa shape index (κ2) is 9.00. The van der Waals surface area contributed by atoms with Crippen LogP contribution < -0.4 is 5.32 Å². The molecule has 2 fully saturated rings. The summed E-state index contributed by atoms with van der Waals surface area (Å²) in [6.45, 7) is 2.48. The molecule has 2 saturated heterocycles. The number of nitrogens with zero attached hydrogens (tertiary/aromatic N) is 1. The van der Waals surface area contributed by atoms with Crippen LogP contribution in [-0.4, -0.2) is 43.0 Å². The van der Waals surface area contributed by atoms with E-state index in [-0.39, 0.29) is 23.5 Å². The Morgan fingerprint density at radius 3 is 2.43 bits per heavy atom. The SMILES string of the molecule is O=C(NCc1ccco1)C1CCN(C(=O)C2(c3ccc(F)cc3)CCOCC2)CC1. The Labute approximate surface area is 175 Å². The topological polar surface area (TPSA) is 71.8 Å². The third-order valence-electron chi connectivity index (χ3n) is 6.32. The lowest BCUT2D eigenvalue weighted by Gasteiger charge is -2.42. The van der Waals surface area contributed by atoms with E-state index in [1.807, 2.05) is 11.0 Å². The number of nitrogens with one attached hydrogen (secondary N) is 1. The van der Waals surface area contributed by atoms with Crippen molar-refractivity contribution in [3.63, 3.8) is 0 Å². The smallest absolute Gasteiger partial charge is 0.233 e. The van der Waals surface area contributed by atoms with Crippen LogP contribution in [-0.2, 0) is 26.3 Å². The molecule has 2 aliphatic heterocycles. The number of rotatable bonds is 5. The van der Waals surface area contributed by atoms with Crippen molar-refractivity contribution in [2.24, 2.45) is 5.92 Å². The monoisotopic (exact) mass is 414 g/mol. The number of piperidine rings is 1. The molecule has 0 radical (unpaired) electrons. The van der Waals surface area contributed by atoms with Crippen molar-refractivity contribution in [3.8, 4) is 0 Å². The van der Waals surface area contributed by atoms with Crippen LogP contribution >= 0.6 is 0 Å². The maximum atomic E-state index is 13.6. The molecule has 0 spiro atoms. The van der Waals surface area contributed by atoms with Gasteiger partial charge in [0.05, 0.1) is 18.2 Å². The van der Waals surface area contributed by atoms with E-state index in [1.54, 1.807) is 24.5 Å². The highest BCUT2D eigenvalue weighted by molar-refractivity contribution is 5.89. The van der Waals surface area contributed by atoms with Crippen LogP contribution in [0.4, 0.5) is 4.39 Å². The molecule has 1 aromatic carbocycles. The Bertz CT molecular complexity index is 852. The zero-order valence-electron chi connectivity index (χ0n) is 16.9. The number of ether oxygens (including phenoxy) is 1. The standard InChI is InChI=1S/C23H27FN2O4/c24-19-5-3-18(4-6-19)23(9-14-29-15-10-23)22(28)26-11-7-17(8-12-26)21(27)25-16-20-2-1-13-30-20/h1-6,13,17H,7-12,14-16H2,(H,25,27). The minimum atomic E-state index is -0.680. The zero-order valence-corrected chi connectivity index (χ0v) is 16.9. The van der Waals surface area contributed by atoms with Gasteiger partial charge in [-0.3, -0.25) is 9.59 Å². The highest BCUT2D eigenvalue weighted by Crippen LogP contribution is 2.38. The number of benzene rings is 1. The first-order chi connectivity index (χ1) is 14.6. The quantitative estimate of drug-likeness (QED) is 0.817. The van der Waals surface area contributed by atoms with E-state index in [0.717, 1.165) is 11.3 Å². The van der Waals surface area contributed by atoms with Gasteiger partial charge in [0.1, 0.15) is 11.6 Å². The average Bonchev–Trinajstić information content (AvgIpc) is 3.32. The molecular weight excluding hydrogens is 387 g/mol. The summed E-state index contributed by atoms with van der Waals surface area (Å²) in [7, 11) is 0. The van der Waals surface area contributed by atoms with E-state index in [4.69, 9.17) is 9.15 Å². The van der Waals surface area contributed by atoms with E-state index in [0.29, 0.717) is 58.5 Å². The Morgan fingerprint density at radius 1 is 1.10 bits per heavy atom. The molecule has 0 atom stereocenters. The van der Waals surface area contributed by atoms with E-state index < -0.39 is 5.41 Å². The van der Waals surface area contributed by atoms with Gasteiger partial charge in [-0.05, 0) is 55.5 Å². The normalized spacial score (nSPS) is 19.4. The molecule has 2 aromatic rings. The molecule has 0 saturated carbocycles. The fourth-order valence-electron chi connectivity index (χ4n) is 4.49. The first-order valence-corrected chi connectivity index (χ1v) is 10.5. The Hall–Kier alpha value is -2.67. The van der Waals surface area contributed by atoms with Gasteiger partial charge in [0.25, 0.3) is 0 Å². The van der Waals surface area contributed by atoms with Crippen LogP contribution in [0, 0.1) is 11.7 Å². The molecule has 4 rings (SSSR count). The predicted molar refractivity (Wildman–Crippen MR) is 108 cm³/mol. The fourth-order valence-corrected chi connectivity index (χ4v) is 4.49. The first kappa shape index (κ1) is 20.6. The predicted octanol–water partition coefficient (Wildman–Crippen LogP) is 3.02. The summed E-state index contributed by atoms with van der Waals surface area (Å²) >= 11 is 0. The van der Waals surface area contributed by atoms with E-state index >= 15 is 0 Å². The molecular formula is C23H27FN2O4. The molecule has 6 nitrogen and oxygen atoms in total. The fraction of sp³-hybridized carbons (Fsp3) is 0.478. The minimum Gasteiger partial charge on any atom is -0.467 e. The third-order valence-corrected chi connectivity index (χ3v) is 6.32. The average molecular weight is 414 g/mol. The highest BCUT2D eigenvalue weighted by Gasteiger charge is 2.45. The maximum Gasteiger partial charge on any atom is 0.233 e. The van der Waals surface area contributed by atoms with Crippen LogP contribution in [0.15, 0.2) is 47.1 Å². The van der Waals surface area contributed by atoms with Crippen molar-refractivity contribution in [3.05, 3.63) is 59.8 Å². The van der Waals surface area contributed by atoms with Crippen molar-refractivity contribution in [2.75, 3.05) is 26.3 Å². The second-order valence-corrected chi connectivity index (χ2v) is 8.07. The number of likely N-dealkylation sites (tertiary alicyclic amines) is 1. The lowest BCUT2D eigenvalue weighted by molar-refractivity contribution is -0.144.